The highest BCUT2D eigenvalue weighted by atomic mass is 16.6. The molecule has 5 aromatic rings. The van der Waals surface area contributed by atoms with Gasteiger partial charge >= 0.3 is 6.09 Å². The molecule has 1 aliphatic rings. The standard InChI is InChI=1S/C33H26N6O4/c1-21-9-11-26(17-28(21)38-32-35-15-13-27(37-32)24-8-5-14-34-18-24)36-31(41)23-10-12-29(25(16-23)19-40)39-30(20-43-33(39)42)22-6-3-2-4-7-22/h2-19,30H,20H2,1H3,(H,36,41)(H,35,37,38). The molecule has 212 valence electrons. The molecule has 43 heavy (non-hydrogen) atoms. The third-order valence-electron chi connectivity index (χ3n) is 7.09. The maximum atomic E-state index is 13.2. The second kappa shape index (κ2) is 11.9. The molecule has 0 bridgehead atoms. The van der Waals surface area contributed by atoms with E-state index < -0.39 is 12.0 Å². The van der Waals surface area contributed by atoms with Crippen molar-refractivity contribution in [3.63, 3.8) is 0 Å². The molecular formula is C33H26N6O4. The average Bonchev–Trinajstić information content (AvgIpc) is 3.44. The van der Waals surface area contributed by atoms with Crippen LogP contribution in [0.5, 0.6) is 0 Å². The number of carbonyl (C=O) groups is 3. The molecule has 2 amide bonds. The van der Waals surface area contributed by atoms with Gasteiger partial charge in [0.25, 0.3) is 5.91 Å². The van der Waals surface area contributed by atoms with Crippen molar-refractivity contribution in [2.24, 2.45) is 0 Å². The number of hydrogen-bond acceptors (Lipinski definition) is 8. The maximum absolute atomic E-state index is 13.2. The van der Waals surface area contributed by atoms with E-state index in [-0.39, 0.29) is 23.8 Å². The largest absolute Gasteiger partial charge is 0.447 e. The fourth-order valence-electron chi connectivity index (χ4n) is 4.87. The molecule has 1 saturated heterocycles. The second-order valence-corrected chi connectivity index (χ2v) is 9.88. The van der Waals surface area contributed by atoms with Gasteiger partial charge in [-0.3, -0.25) is 19.5 Å². The lowest BCUT2D eigenvalue weighted by molar-refractivity contribution is 0.102. The topological polar surface area (TPSA) is 126 Å². The fraction of sp³-hybridized carbons (Fsp3) is 0.0909. The number of aldehydes is 1. The Balaban J connectivity index is 1.21. The van der Waals surface area contributed by atoms with Crippen molar-refractivity contribution in [1.82, 2.24) is 15.0 Å². The normalized spacial score (nSPS) is 14.2. The number of aromatic nitrogens is 3. The molecule has 1 aliphatic heterocycles. The molecule has 0 saturated carbocycles. The molecule has 0 radical (unpaired) electrons. The summed E-state index contributed by atoms with van der Waals surface area (Å²) < 4.78 is 5.31. The minimum atomic E-state index is -0.552. The van der Waals surface area contributed by atoms with Crippen LogP contribution in [-0.2, 0) is 4.74 Å². The zero-order valence-electron chi connectivity index (χ0n) is 23.1. The molecule has 10 nitrogen and oxygen atoms in total. The number of rotatable bonds is 8. The van der Waals surface area contributed by atoms with E-state index in [1.54, 1.807) is 48.9 Å². The molecule has 2 aromatic heterocycles. The van der Waals surface area contributed by atoms with E-state index in [0.29, 0.717) is 29.3 Å². The number of anilines is 4. The summed E-state index contributed by atoms with van der Waals surface area (Å²) in [5.74, 6) is -0.0173. The predicted molar refractivity (Wildman–Crippen MR) is 163 cm³/mol. The number of pyridine rings is 1. The fourth-order valence-corrected chi connectivity index (χ4v) is 4.87. The van der Waals surface area contributed by atoms with E-state index in [4.69, 9.17) is 4.74 Å². The monoisotopic (exact) mass is 570 g/mol. The molecule has 1 fully saturated rings. The molecule has 0 aliphatic carbocycles. The van der Waals surface area contributed by atoms with Gasteiger partial charge in [0.15, 0.2) is 6.29 Å². The summed E-state index contributed by atoms with van der Waals surface area (Å²) in [4.78, 5) is 52.5. The summed E-state index contributed by atoms with van der Waals surface area (Å²) in [7, 11) is 0. The van der Waals surface area contributed by atoms with Crippen molar-refractivity contribution in [3.8, 4) is 11.3 Å². The molecule has 3 aromatic carbocycles. The minimum absolute atomic E-state index is 0.159. The lowest BCUT2D eigenvalue weighted by Crippen LogP contribution is -2.28. The molecule has 1 atom stereocenters. The molecular weight excluding hydrogens is 544 g/mol. The van der Waals surface area contributed by atoms with Crippen molar-refractivity contribution >= 4 is 41.3 Å². The summed E-state index contributed by atoms with van der Waals surface area (Å²) in [6, 6.07) is 24.7. The highest BCUT2D eigenvalue weighted by Crippen LogP contribution is 2.35. The highest BCUT2D eigenvalue weighted by molar-refractivity contribution is 6.07. The number of aryl methyl sites for hydroxylation is 1. The maximum Gasteiger partial charge on any atom is 0.415 e. The Hall–Kier alpha value is -5.90. The van der Waals surface area contributed by atoms with Gasteiger partial charge in [-0.25, -0.2) is 14.8 Å². The van der Waals surface area contributed by atoms with E-state index in [2.05, 4.69) is 25.6 Å². The summed E-state index contributed by atoms with van der Waals surface area (Å²) in [5.41, 5.74) is 5.47. The summed E-state index contributed by atoms with van der Waals surface area (Å²) in [5, 5.41) is 6.11. The van der Waals surface area contributed by atoms with Crippen molar-refractivity contribution in [2.75, 3.05) is 22.1 Å². The lowest BCUT2D eigenvalue weighted by Gasteiger charge is -2.23. The number of ether oxygens (including phenoxy) is 1. The van der Waals surface area contributed by atoms with E-state index in [9.17, 15) is 14.4 Å². The summed E-state index contributed by atoms with van der Waals surface area (Å²) >= 11 is 0. The van der Waals surface area contributed by atoms with Gasteiger partial charge in [-0.05, 0) is 66.6 Å². The number of nitrogens with zero attached hydrogens (tertiary/aromatic N) is 4. The number of benzene rings is 3. The van der Waals surface area contributed by atoms with Crippen LogP contribution >= 0.6 is 0 Å². The van der Waals surface area contributed by atoms with Crippen LogP contribution in [0.1, 0.15) is 37.9 Å². The second-order valence-electron chi connectivity index (χ2n) is 9.88. The third-order valence-corrected chi connectivity index (χ3v) is 7.09. The molecule has 6 rings (SSSR count). The van der Waals surface area contributed by atoms with Gasteiger partial charge in [0, 0.05) is 46.7 Å². The lowest BCUT2D eigenvalue weighted by atomic mass is 10.0. The molecule has 10 heteroatoms. The molecule has 1 unspecified atom stereocenters. The van der Waals surface area contributed by atoms with Crippen LogP contribution in [0.3, 0.4) is 0 Å². The molecule has 0 spiro atoms. The minimum Gasteiger partial charge on any atom is -0.447 e. The Morgan fingerprint density at radius 1 is 1.00 bits per heavy atom. The van der Waals surface area contributed by atoms with Gasteiger partial charge in [0.2, 0.25) is 5.95 Å². The van der Waals surface area contributed by atoms with Crippen LogP contribution in [0.15, 0.2) is 104 Å². The summed E-state index contributed by atoms with van der Waals surface area (Å²) in [6.07, 6.45) is 5.17. The van der Waals surface area contributed by atoms with Crippen LogP contribution in [0, 0.1) is 6.92 Å². The van der Waals surface area contributed by atoms with Gasteiger partial charge in [-0.1, -0.05) is 36.4 Å². The van der Waals surface area contributed by atoms with Crippen molar-refractivity contribution in [1.29, 1.82) is 0 Å². The zero-order valence-corrected chi connectivity index (χ0v) is 23.1. The Morgan fingerprint density at radius 3 is 2.65 bits per heavy atom. The van der Waals surface area contributed by atoms with E-state index >= 15 is 0 Å². The predicted octanol–water partition coefficient (Wildman–Crippen LogP) is 6.35. The average molecular weight is 571 g/mol. The number of cyclic esters (lactones) is 1. The molecule has 3 heterocycles. The van der Waals surface area contributed by atoms with E-state index in [0.717, 1.165) is 22.4 Å². The highest BCUT2D eigenvalue weighted by Gasteiger charge is 2.36. The first-order chi connectivity index (χ1) is 21.0. The first kappa shape index (κ1) is 27.3. The zero-order chi connectivity index (χ0) is 29.8. The smallest absolute Gasteiger partial charge is 0.415 e. The Kier molecular flexibility index (Phi) is 7.56. The van der Waals surface area contributed by atoms with Gasteiger partial charge in [-0.2, -0.15) is 0 Å². The van der Waals surface area contributed by atoms with Crippen LogP contribution < -0.4 is 15.5 Å². The summed E-state index contributed by atoms with van der Waals surface area (Å²) in [6.45, 7) is 2.09. The Morgan fingerprint density at radius 2 is 1.86 bits per heavy atom. The Bertz CT molecular complexity index is 1810. The molecule has 2 N–H and O–H groups in total. The van der Waals surface area contributed by atoms with Gasteiger partial charge < -0.3 is 15.4 Å². The quantitative estimate of drug-likeness (QED) is 0.207. The first-order valence-electron chi connectivity index (χ1n) is 13.5. The number of nitrogens with one attached hydrogen (secondary N) is 2. The van der Waals surface area contributed by atoms with E-state index in [1.807, 2.05) is 55.5 Å². The van der Waals surface area contributed by atoms with E-state index in [1.165, 1.54) is 11.0 Å². The SMILES string of the molecule is Cc1ccc(NC(=O)c2ccc(N3C(=O)OCC3c3ccccc3)c(C=O)c2)cc1Nc1nccc(-c2cccnc2)n1. The van der Waals surface area contributed by atoms with Crippen LogP contribution in [0.4, 0.5) is 27.8 Å². The first-order valence-corrected chi connectivity index (χ1v) is 13.5. The number of amides is 2. The number of carbonyl (C=O) groups excluding carboxylic acids is 3. The Labute approximate surface area is 247 Å². The van der Waals surface area contributed by atoms with Gasteiger partial charge in [0.05, 0.1) is 17.4 Å². The van der Waals surface area contributed by atoms with Crippen molar-refractivity contribution < 1.29 is 19.1 Å². The van der Waals surface area contributed by atoms with Crippen LogP contribution in [0.2, 0.25) is 0 Å². The van der Waals surface area contributed by atoms with Crippen LogP contribution in [0.25, 0.3) is 11.3 Å². The van der Waals surface area contributed by atoms with Gasteiger partial charge in [-0.15, -0.1) is 0 Å². The van der Waals surface area contributed by atoms with Crippen LogP contribution in [-0.4, -0.2) is 39.8 Å². The number of hydrogen-bond donors (Lipinski definition) is 2. The van der Waals surface area contributed by atoms with Crippen molar-refractivity contribution in [2.45, 2.75) is 13.0 Å². The van der Waals surface area contributed by atoms with Crippen molar-refractivity contribution in [3.05, 3.63) is 126 Å². The third kappa shape index (κ3) is 5.80. The van der Waals surface area contributed by atoms with Gasteiger partial charge in [0.1, 0.15) is 6.61 Å².